The third-order valence-electron chi connectivity index (χ3n) is 4.21. The van der Waals surface area contributed by atoms with Crippen LogP contribution in [0.15, 0.2) is 46.6 Å². The van der Waals surface area contributed by atoms with Crippen molar-refractivity contribution in [3.05, 3.63) is 42.0 Å². The summed E-state index contributed by atoms with van der Waals surface area (Å²) in [7, 11) is 0. The SMILES string of the molecule is CCN(CC)c1ccc(N=Nc2cc(OCCO)ccc2OCCO)c(C)c1. The summed E-state index contributed by atoms with van der Waals surface area (Å²) in [5.74, 6) is 1.07. The van der Waals surface area contributed by atoms with Gasteiger partial charge in [-0.1, -0.05) is 0 Å². The van der Waals surface area contributed by atoms with Crippen molar-refractivity contribution in [1.82, 2.24) is 0 Å². The van der Waals surface area contributed by atoms with Gasteiger partial charge in [-0.25, -0.2) is 0 Å². The van der Waals surface area contributed by atoms with Gasteiger partial charge >= 0.3 is 0 Å². The second-order valence-corrected chi connectivity index (χ2v) is 6.12. The smallest absolute Gasteiger partial charge is 0.147 e. The first-order chi connectivity index (χ1) is 13.6. The molecule has 0 bridgehead atoms. The molecule has 0 spiro atoms. The summed E-state index contributed by atoms with van der Waals surface area (Å²) >= 11 is 0. The Bertz CT molecular complexity index is 776. The quantitative estimate of drug-likeness (QED) is 0.569. The van der Waals surface area contributed by atoms with Gasteiger partial charge in [0.25, 0.3) is 0 Å². The van der Waals surface area contributed by atoms with E-state index >= 15 is 0 Å². The molecule has 0 atom stereocenters. The van der Waals surface area contributed by atoms with Crippen LogP contribution in [-0.2, 0) is 0 Å². The molecular weight excluding hydrogens is 358 g/mol. The van der Waals surface area contributed by atoms with Gasteiger partial charge in [0.2, 0.25) is 0 Å². The predicted molar refractivity (Wildman–Crippen MR) is 111 cm³/mol. The Morgan fingerprint density at radius 3 is 2.18 bits per heavy atom. The van der Waals surface area contributed by atoms with Gasteiger partial charge in [-0.15, -0.1) is 5.11 Å². The highest BCUT2D eigenvalue weighted by molar-refractivity contribution is 5.59. The number of hydrogen-bond donors (Lipinski definition) is 2. The minimum absolute atomic E-state index is 0.0717. The molecule has 0 aliphatic rings. The maximum Gasteiger partial charge on any atom is 0.147 e. The van der Waals surface area contributed by atoms with Crippen LogP contribution in [0.5, 0.6) is 11.5 Å². The van der Waals surface area contributed by atoms with Crippen LogP contribution in [-0.4, -0.2) is 49.7 Å². The number of ether oxygens (including phenoxy) is 2. The van der Waals surface area contributed by atoms with Crippen LogP contribution in [0.1, 0.15) is 19.4 Å². The van der Waals surface area contributed by atoms with Crippen molar-refractivity contribution in [1.29, 1.82) is 0 Å². The molecule has 0 unspecified atom stereocenters. The summed E-state index contributed by atoms with van der Waals surface area (Å²) in [4.78, 5) is 2.27. The number of aliphatic hydroxyl groups excluding tert-OH is 2. The summed E-state index contributed by atoms with van der Waals surface area (Å²) < 4.78 is 11.0. The Morgan fingerprint density at radius 2 is 1.54 bits per heavy atom. The van der Waals surface area contributed by atoms with Gasteiger partial charge in [-0.05, 0) is 56.7 Å². The van der Waals surface area contributed by atoms with Crippen molar-refractivity contribution in [2.24, 2.45) is 10.2 Å². The van der Waals surface area contributed by atoms with Crippen molar-refractivity contribution in [2.75, 3.05) is 44.4 Å². The molecule has 2 aromatic carbocycles. The van der Waals surface area contributed by atoms with E-state index in [0.29, 0.717) is 17.2 Å². The van der Waals surface area contributed by atoms with Crippen LogP contribution < -0.4 is 14.4 Å². The van der Waals surface area contributed by atoms with Crippen molar-refractivity contribution < 1.29 is 19.7 Å². The van der Waals surface area contributed by atoms with E-state index in [9.17, 15) is 0 Å². The van der Waals surface area contributed by atoms with Gasteiger partial charge < -0.3 is 24.6 Å². The van der Waals surface area contributed by atoms with Gasteiger partial charge in [-0.3, -0.25) is 0 Å². The molecule has 0 saturated heterocycles. The van der Waals surface area contributed by atoms with E-state index in [2.05, 4.69) is 35.0 Å². The highest BCUT2D eigenvalue weighted by Crippen LogP contribution is 2.34. The molecule has 152 valence electrons. The molecule has 7 heteroatoms. The number of benzene rings is 2. The fourth-order valence-corrected chi connectivity index (χ4v) is 2.75. The lowest BCUT2D eigenvalue weighted by atomic mass is 10.1. The van der Waals surface area contributed by atoms with Crippen LogP contribution in [0.3, 0.4) is 0 Å². The predicted octanol–water partition coefficient (Wildman–Crippen LogP) is 4.00. The third kappa shape index (κ3) is 5.94. The molecule has 0 aliphatic carbocycles. The van der Waals surface area contributed by atoms with Crippen LogP contribution in [0, 0.1) is 6.92 Å². The fourth-order valence-electron chi connectivity index (χ4n) is 2.75. The summed E-state index contributed by atoms with van der Waals surface area (Å²) in [6, 6.07) is 11.2. The zero-order valence-corrected chi connectivity index (χ0v) is 16.8. The molecular formula is C21H29N3O4. The first kappa shape index (κ1) is 21.7. The first-order valence-corrected chi connectivity index (χ1v) is 9.51. The van der Waals surface area contributed by atoms with Crippen molar-refractivity contribution in [3.8, 4) is 11.5 Å². The van der Waals surface area contributed by atoms with E-state index in [1.807, 2.05) is 19.1 Å². The average molecular weight is 387 g/mol. The Balaban J connectivity index is 2.27. The molecule has 0 amide bonds. The largest absolute Gasteiger partial charge is 0.491 e. The van der Waals surface area contributed by atoms with Crippen LogP contribution in [0.4, 0.5) is 17.1 Å². The standard InChI is InChI=1S/C21H29N3O4/c1-4-24(5-2)17-6-8-19(16(3)14-17)22-23-20-15-18(27-12-10-25)7-9-21(20)28-13-11-26/h6-9,14-15,25-26H,4-5,10-13H2,1-3H3. The number of nitrogens with zero attached hydrogens (tertiary/aromatic N) is 3. The van der Waals surface area contributed by atoms with E-state index in [0.717, 1.165) is 30.0 Å². The zero-order chi connectivity index (χ0) is 20.4. The Kier molecular flexibility index (Phi) is 8.71. The highest BCUT2D eigenvalue weighted by atomic mass is 16.5. The topological polar surface area (TPSA) is 86.9 Å². The van der Waals surface area contributed by atoms with Crippen LogP contribution >= 0.6 is 0 Å². The highest BCUT2D eigenvalue weighted by Gasteiger charge is 2.08. The van der Waals surface area contributed by atoms with Crippen molar-refractivity contribution in [3.63, 3.8) is 0 Å². The summed E-state index contributed by atoms with van der Waals surface area (Å²) in [5.41, 5.74) is 3.45. The number of anilines is 1. The number of rotatable bonds is 11. The number of aryl methyl sites for hydroxylation is 1. The Labute approximate surface area is 166 Å². The Morgan fingerprint density at radius 1 is 0.857 bits per heavy atom. The molecule has 0 heterocycles. The second-order valence-electron chi connectivity index (χ2n) is 6.12. The lowest BCUT2D eigenvalue weighted by Gasteiger charge is -2.21. The summed E-state index contributed by atoms with van der Waals surface area (Å²) in [5, 5.41) is 26.6. The zero-order valence-electron chi connectivity index (χ0n) is 16.8. The third-order valence-corrected chi connectivity index (χ3v) is 4.21. The second kappa shape index (κ2) is 11.3. The van der Waals surface area contributed by atoms with E-state index in [1.54, 1.807) is 18.2 Å². The van der Waals surface area contributed by atoms with E-state index in [4.69, 9.17) is 19.7 Å². The lowest BCUT2D eigenvalue weighted by molar-refractivity contribution is 0.198. The molecule has 28 heavy (non-hydrogen) atoms. The number of hydrogen-bond acceptors (Lipinski definition) is 7. The molecule has 2 rings (SSSR count). The number of azo groups is 1. The summed E-state index contributed by atoms with van der Waals surface area (Å²) in [6.45, 7) is 8.36. The average Bonchev–Trinajstić information content (AvgIpc) is 2.71. The van der Waals surface area contributed by atoms with Gasteiger partial charge in [0, 0.05) is 24.8 Å². The van der Waals surface area contributed by atoms with Crippen molar-refractivity contribution >= 4 is 17.1 Å². The molecule has 7 nitrogen and oxygen atoms in total. The summed E-state index contributed by atoms with van der Waals surface area (Å²) in [6.07, 6.45) is 0. The lowest BCUT2D eigenvalue weighted by Crippen LogP contribution is -2.21. The van der Waals surface area contributed by atoms with Gasteiger partial charge in [-0.2, -0.15) is 5.11 Å². The normalized spacial score (nSPS) is 11.0. The maximum absolute atomic E-state index is 9.01. The Hall–Kier alpha value is -2.64. The fraction of sp³-hybridized carbons (Fsp3) is 0.429. The van der Waals surface area contributed by atoms with Crippen LogP contribution in [0.25, 0.3) is 0 Å². The molecule has 2 aromatic rings. The van der Waals surface area contributed by atoms with Gasteiger partial charge in [0.1, 0.15) is 30.4 Å². The van der Waals surface area contributed by atoms with Gasteiger partial charge in [0.15, 0.2) is 0 Å². The van der Waals surface area contributed by atoms with Gasteiger partial charge in [0.05, 0.1) is 18.9 Å². The van der Waals surface area contributed by atoms with Crippen molar-refractivity contribution in [2.45, 2.75) is 20.8 Å². The molecule has 0 aromatic heterocycles. The molecule has 0 saturated carbocycles. The molecule has 0 fully saturated rings. The monoisotopic (exact) mass is 387 g/mol. The van der Waals surface area contributed by atoms with Crippen LogP contribution in [0.2, 0.25) is 0 Å². The maximum atomic E-state index is 9.01. The minimum atomic E-state index is -0.0920. The molecule has 2 N–H and O–H groups in total. The first-order valence-electron chi connectivity index (χ1n) is 9.51. The van der Waals surface area contributed by atoms with E-state index in [-0.39, 0.29) is 26.4 Å². The molecule has 0 aliphatic heterocycles. The molecule has 0 radical (unpaired) electrons. The number of aliphatic hydroxyl groups is 2. The van der Waals surface area contributed by atoms with E-state index < -0.39 is 0 Å². The van der Waals surface area contributed by atoms with E-state index in [1.165, 1.54) is 0 Å². The minimum Gasteiger partial charge on any atom is -0.491 e.